The largest absolute Gasteiger partial charge is 0.342 e. The number of pyridine rings is 1. The van der Waals surface area contributed by atoms with Crippen LogP contribution in [0.2, 0.25) is 0 Å². The maximum absolute atomic E-state index is 12.7. The molecule has 0 spiro atoms. The van der Waals surface area contributed by atoms with E-state index in [0.717, 1.165) is 12.1 Å². The number of aryl methyl sites for hydroxylation is 2. The smallest absolute Gasteiger partial charge is 0.258 e. The summed E-state index contributed by atoms with van der Waals surface area (Å²) < 4.78 is 5.18. The molecule has 7 heteroatoms. The van der Waals surface area contributed by atoms with Gasteiger partial charge in [-0.15, -0.1) is 12.4 Å². The lowest BCUT2D eigenvalue weighted by Gasteiger charge is -2.22. The average Bonchev–Trinajstić information content (AvgIpc) is 2.83. The van der Waals surface area contributed by atoms with Gasteiger partial charge in [0.1, 0.15) is 0 Å². The number of amides is 1. The van der Waals surface area contributed by atoms with Crippen LogP contribution in [-0.4, -0.2) is 40.6 Å². The molecule has 0 aliphatic rings. The van der Waals surface area contributed by atoms with E-state index in [-0.39, 0.29) is 24.4 Å². The molecular weight excluding hydrogens is 316 g/mol. The van der Waals surface area contributed by atoms with E-state index in [2.05, 4.69) is 24.0 Å². The third kappa shape index (κ3) is 4.20. The Hall–Kier alpha value is -1.66. The van der Waals surface area contributed by atoms with Gasteiger partial charge in [0.15, 0.2) is 0 Å². The third-order valence-electron chi connectivity index (χ3n) is 3.98. The molecule has 2 aromatic heterocycles. The van der Waals surface area contributed by atoms with Crippen LogP contribution in [-0.2, 0) is 0 Å². The molecule has 1 atom stereocenters. The summed E-state index contributed by atoms with van der Waals surface area (Å²) >= 11 is 0. The number of carbonyl (C=O) groups excluding carboxylic acids is 1. The maximum atomic E-state index is 12.7. The van der Waals surface area contributed by atoms with E-state index in [0.29, 0.717) is 34.8 Å². The Kier molecular flexibility index (Phi) is 6.53. The number of halogens is 1. The number of carbonyl (C=O) groups is 1. The number of hydrogen-bond donors (Lipinski definition) is 1. The van der Waals surface area contributed by atoms with Crippen LogP contribution in [0.4, 0.5) is 0 Å². The van der Waals surface area contributed by atoms with Crippen molar-refractivity contribution in [3.05, 3.63) is 23.0 Å². The molecule has 0 aliphatic carbocycles. The molecule has 0 saturated carbocycles. The highest BCUT2D eigenvalue weighted by molar-refractivity contribution is 6.05. The van der Waals surface area contributed by atoms with Crippen LogP contribution in [0.25, 0.3) is 11.1 Å². The Morgan fingerprint density at radius 3 is 2.65 bits per heavy atom. The lowest BCUT2D eigenvalue weighted by molar-refractivity contribution is 0.0791. The van der Waals surface area contributed by atoms with Crippen molar-refractivity contribution in [2.24, 2.45) is 11.7 Å². The van der Waals surface area contributed by atoms with Gasteiger partial charge in [0.05, 0.1) is 16.6 Å². The summed E-state index contributed by atoms with van der Waals surface area (Å²) in [6, 6.07) is 1.88. The number of aromatic nitrogens is 2. The molecule has 1 amide bonds. The highest BCUT2D eigenvalue weighted by atomic mass is 35.5. The molecule has 0 saturated heterocycles. The first kappa shape index (κ1) is 19.4. The average molecular weight is 341 g/mol. The van der Waals surface area contributed by atoms with Gasteiger partial charge in [0.2, 0.25) is 0 Å². The van der Waals surface area contributed by atoms with Gasteiger partial charge in [-0.2, -0.15) is 0 Å². The maximum Gasteiger partial charge on any atom is 0.258 e. The molecule has 0 bridgehead atoms. The standard InChI is InChI=1S/C16H24N4O2.ClH/c1-9(2)13(17)6-7-20(5)16(21)12-8-10(3)18-15-14(12)11(4)19-22-15;/h8-9,13H,6-7,17H2,1-5H3;1H. The van der Waals surface area contributed by atoms with Gasteiger partial charge in [-0.3, -0.25) is 4.79 Å². The van der Waals surface area contributed by atoms with Crippen LogP contribution in [0.1, 0.15) is 42.0 Å². The fourth-order valence-electron chi connectivity index (χ4n) is 2.37. The second-order valence-electron chi connectivity index (χ2n) is 6.18. The summed E-state index contributed by atoms with van der Waals surface area (Å²) in [6.45, 7) is 8.44. The summed E-state index contributed by atoms with van der Waals surface area (Å²) in [5.41, 5.74) is 8.46. The molecule has 0 aromatic carbocycles. The van der Waals surface area contributed by atoms with Gasteiger partial charge in [0.25, 0.3) is 11.6 Å². The van der Waals surface area contributed by atoms with Crippen molar-refractivity contribution in [3.8, 4) is 0 Å². The van der Waals surface area contributed by atoms with E-state index < -0.39 is 0 Å². The Morgan fingerprint density at radius 1 is 1.39 bits per heavy atom. The molecule has 0 radical (unpaired) electrons. The molecule has 2 heterocycles. The minimum atomic E-state index is -0.0576. The summed E-state index contributed by atoms with van der Waals surface area (Å²) in [7, 11) is 1.79. The summed E-state index contributed by atoms with van der Waals surface area (Å²) in [5, 5.41) is 4.60. The zero-order valence-corrected chi connectivity index (χ0v) is 15.1. The summed E-state index contributed by atoms with van der Waals surface area (Å²) in [6.07, 6.45) is 0.774. The fourth-order valence-corrected chi connectivity index (χ4v) is 2.37. The number of hydrogen-bond acceptors (Lipinski definition) is 5. The number of fused-ring (bicyclic) bond motifs is 1. The van der Waals surface area contributed by atoms with Gasteiger partial charge in [0, 0.05) is 25.3 Å². The first-order valence-corrected chi connectivity index (χ1v) is 7.56. The quantitative estimate of drug-likeness (QED) is 0.904. The Balaban J connectivity index is 0.00000264. The highest BCUT2D eigenvalue weighted by Gasteiger charge is 2.21. The second kappa shape index (κ2) is 7.75. The predicted octanol–water partition coefficient (Wildman–Crippen LogP) is 2.71. The predicted molar refractivity (Wildman–Crippen MR) is 92.9 cm³/mol. The van der Waals surface area contributed by atoms with Crippen LogP contribution in [0.3, 0.4) is 0 Å². The van der Waals surface area contributed by atoms with Crippen molar-refractivity contribution >= 4 is 29.4 Å². The Labute approximate surface area is 142 Å². The Morgan fingerprint density at radius 2 is 2.04 bits per heavy atom. The Bertz CT molecular complexity index is 684. The zero-order chi connectivity index (χ0) is 16.4. The second-order valence-corrected chi connectivity index (χ2v) is 6.18. The minimum absolute atomic E-state index is 0. The molecule has 2 N–H and O–H groups in total. The lowest BCUT2D eigenvalue weighted by Crippen LogP contribution is -2.34. The van der Waals surface area contributed by atoms with Crippen LogP contribution < -0.4 is 5.73 Å². The molecule has 1 unspecified atom stereocenters. The van der Waals surface area contributed by atoms with E-state index in [9.17, 15) is 4.79 Å². The molecule has 2 aromatic rings. The van der Waals surface area contributed by atoms with Crippen LogP contribution in [0, 0.1) is 19.8 Å². The number of nitrogens with two attached hydrogens (primary N) is 1. The minimum Gasteiger partial charge on any atom is -0.342 e. The normalized spacial score (nSPS) is 12.3. The van der Waals surface area contributed by atoms with Gasteiger partial charge < -0.3 is 15.2 Å². The first-order chi connectivity index (χ1) is 10.3. The number of nitrogens with zero attached hydrogens (tertiary/aromatic N) is 3. The van der Waals surface area contributed by atoms with E-state index in [1.165, 1.54) is 0 Å². The van der Waals surface area contributed by atoms with Crippen molar-refractivity contribution < 1.29 is 9.32 Å². The van der Waals surface area contributed by atoms with Crippen LogP contribution in [0.15, 0.2) is 10.6 Å². The van der Waals surface area contributed by atoms with Crippen molar-refractivity contribution in [2.75, 3.05) is 13.6 Å². The molecule has 128 valence electrons. The molecule has 6 nitrogen and oxygen atoms in total. The monoisotopic (exact) mass is 340 g/mol. The van der Waals surface area contributed by atoms with Crippen LogP contribution in [0.5, 0.6) is 0 Å². The summed E-state index contributed by atoms with van der Waals surface area (Å²) in [4.78, 5) is 18.7. The van der Waals surface area contributed by atoms with Gasteiger partial charge in [-0.25, -0.2) is 4.98 Å². The van der Waals surface area contributed by atoms with Gasteiger partial charge >= 0.3 is 0 Å². The van der Waals surface area contributed by atoms with Crippen LogP contribution >= 0.6 is 12.4 Å². The zero-order valence-electron chi connectivity index (χ0n) is 14.3. The third-order valence-corrected chi connectivity index (χ3v) is 3.98. The molecular formula is C16H25ClN4O2. The van der Waals surface area contributed by atoms with Gasteiger partial charge in [-0.05, 0) is 32.3 Å². The SMILES string of the molecule is Cc1cc(C(=O)N(C)CCC(N)C(C)C)c2c(C)noc2n1.Cl. The first-order valence-electron chi connectivity index (χ1n) is 7.56. The highest BCUT2D eigenvalue weighted by Crippen LogP contribution is 2.23. The van der Waals surface area contributed by atoms with Gasteiger partial charge in [-0.1, -0.05) is 19.0 Å². The lowest BCUT2D eigenvalue weighted by atomic mass is 10.0. The summed E-state index contributed by atoms with van der Waals surface area (Å²) in [5.74, 6) is 0.344. The van der Waals surface area contributed by atoms with E-state index in [4.69, 9.17) is 10.3 Å². The van der Waals surface area contributed by atoms with E-state index >= 15 is 0 Å². The van der Waals surface area contributed by atoms with E-state index in [1.807, 2.05) is 13.8 Å². The van der Waals surface area contributed by atoms with Crippen molar-refractivity contribution in [1.82, 2.24) is 15.0 Å². The molecule has 23 heavy (non-hydrogen) atoms. The van der Waals surface area contributed by atoms with Crippen molar-refractivity contribution in [3.63, 3.8) is 0 Å². The fraction of sp³-hybridized carbons (Fsp3) is 0.562. The van der Waals surface area contributed by atoms with Crippen molar-refractivity contribution in [2.45, 2.75) is 40.2 Å². The molecule has 0 fully saturated rings. The molecule has 0 aliphatic heterocycles. The molecule has 2 rings (SSSR count). The topological polar surface area (TPSA) is 85.2 Å². The van der Waals surface area contributed by atoms with Crippen molar-refractivity contribution in [1.29, 1.82) is 0 Å². The number of rotatable bonds is 5. The van der Waals surface area contributed by atoms with E-state index in [1.54, 1.807) is 18.0 Å².